The summed E-state index contributed by atoms with van der Waals surface area (Å²) in [5.74, 6) is 2.58. The fraction of sp³-hybridized carbons (Fsp3) is 0.550. The third-order valence-corrected chi connectivity index (χ3v) is 5.18. The minimum atomic E-state index is -0.316. The Morgan fingerprint density at radius 3 is 2.59 bits per heavy atom. The van der Waals surface area contributed by atoms with Gasteiger partial charge >= 0.3 is 0 Å². The van der Waals surface area contributed by atoms with Crippen molar-refractivity contribution >= 4 is 5.96 Å². The Morgan fingerprint density at radius 1 is 1.24 bits per heavy atom. The Bertz CT molecular complexity index is 843. The van der Waals surface area contributed by atoms with Gasteiger partial charge in [0.25, 0.3) is 0 Å². The Labute approximate surface area is 171 Å². The number of aromatic nitrogens is 3. The molecule has 1 saturated heterocycles. The fourth-order valence-electron chi connectivity index (χ4n) is 3.34. The second-order valence-electron chi connectivity index (χ2n) is 7.12. The van der Waals surface area contributed by atoms with Gasteiger partial charge in [0, 0.05) is 46.3 Å². The second-order valence-corrected chi connectivity index (χ2v) is 7.12. The maximum atomic E-state index is 13.9. The average molecular weight is 404 g/mol. The lowest BCUT2D eigenvalue weighted by Gasteiger charge is -2.36. The van der Waals surface area contributed by atoms with E-state index >= 15 is 0 Å². The van der Waals surface area contributed by atoms with E-state index in [0.717, 1.165) is 62.4 Å². The molecule has 2 heterocycles. The Balaban J connectivity index is 1.57. The van der Waals surface area contributed by atoms with Gasteiger partial charge in [0.2, 0.25) is 0 Å². The first-order chi connectivity index (χ1) is 14.0. The number of nitrogens with zero attached hydrogens (tertiary/aromatic N) is 6. The maximum absolute atomic E-state index is 13.9. The summed E-state index contributed by atoms with van der Waals surface area (Å²) < 4.78 is 20.9. The molecule has 1 aliphatic rings. The largest absolute Gasteiger partial charge is 0.494 e. The van der Waals surface area contributed by atoms with Gasteiger partial charge in [-0.1, -0.05) is 6.07 Å². The van der Waals surface area contributed by atoms with Crippen LogP contribution in [0.1, 0.15) is 24.1 Å². The van der Waals surface area contributed by atoms with Crippen LogP contribution in [0.2, 0.25) is 0 Å². The summed E-state index contributed by atoms with van der Waals surface area (Å²) in [7, 11) is 3.43. The number of aliphatic imine (C=N–C) groups is 1. The fourth-order valence-corrected chi connectivity index (χ4v) is 3.34. The van der Waals surface area contributed by atoms with Gasteiger partial charge < -0.3 is 19.5 Å². The zero-order valence-electron chi connectivity index (χ0n) is 17.7. The van der Waals surface area contributed by atoms with Gasteiger partial charge in [0.15, 0.2) is 23.4 Å². The molecule has 29 heavy (non-hydrogen) atoms. The van der Waals surface area contributed by atoms with E-state index in [9.17, 15) is 4.39 Å². The van der Waals surface area contributed by atoms with Crippen LogP contribution in [0.25, 0.3) is 0 Å². The Hall–Kier alpha value is -2.68. The van der Waals surface area contributed by atoms with Crippen LogP contribution in [0.5, 0.6) is 5.75 Å². The molecule has 0 amide bonds. The quantitative estimate of drug-likeness (QED) is 0.583. The van der Waals surface area contributed by atoms with E-state index in [0.29, 0.717) is 6.54 Å². The van der Waals surface area contributed by atoms with Crippen LogP contribution in [-0.2, 0) is 20.1 Å². The van der Waals surface area contributed by atoms with Crippen molar-refractivity contribution in [3.05, 3.63) is 41.2 Å². The van der Waals surface area contributed by atoms with Crippen molar-refractivity contribution in [3.63, 3.8) is 0 Å². The summed E-state index contributed by atoms with van der Waals surface area (Å²) in [5, 5.41) is 11.6. The highest BCUT2D eigenvalue weighted by molar-refractivity contribution is 5.80. The van der Waals surface area contributed by atoms with E-state index in [2.05, 4.69) is 32.2 Å². The maximum Gasteiger partial charge on any atom is 0.194 e. The van der Waals surface area contributed by atoms with Gasteiger partial charge in [0.1, 0.15) is 12.4 Å². The molecule has 0 atom stereocenters. The molecule has 1 aromatic heterocycles. The van der Waals surface area contributed by atoms with Gasteiger partial charge in [-0.3, -0.25) is 4.90 Å². The summed E-state index contributed by atoms with van der Waals surface area (Å²) in [4.78, 5) is 9.34. The molecule has 158 valence electrons. The van der Waals surface area contributed by atoms with Crippen molar-refractivity contribution in [2.45, 2.75) is 26.9 Å². The molecule has 1 N–H and O–H groups in total. The number of methoxy groups -OCH3 is 1. The molecule has 1 fully saturated rings. The predicted octanol–water partition coefficient (Wildman–Crippen LogP) is 1.55. The average Bonchev–Trinajstić information content (AvgIpc) is 3.04. The highest BCUT2D eigenvalue weighted by atomic mass is 19.1. The topological polar surface area (TPSA) is 70.8 Å². The number of nitrogens with one attached hydrogen (secondary N) is 1. The van der Waals surface area contributed by atoms with E-state index in [1.54, 1.807) is 12.1 Å². The molecule has 3 rings (SSSR count). The van der Waals surface area contributed by atoms with Crippen LogP contribution in [0.3, 0.4) is 0 Å². The standard InChI is InChI=1S/C20H30FN7O/c1-5-22-20(23-13-19-25-24-15(2)26(19)3)28-10-8-27(9-11-28)14-16-6-7-18(29-4)17(21)12-16/h6-7,12H,5,8-11,13-14H2,1-4H3,(H,22,23). The number of guanidine groups is 1. The van der Waals surface area contributed by atoms with Crippen LogP contribution >= 0.6 is 0 Å². The van der Waals surface area contributed by atoms with Gasteiger partial charge in [-0.15, -0.1) is 10.2 Å². The predicted molar refractivity (Wildman–Crippen MR) is 110 cm³/mol. The molecule has 0 radical (unpaired) electrons. The molecule has 1 aliphatic heterocycles. The van der Waals surface area contributed by atoms with Crippen molar-refractivity contribution < 1.29 is 9.13 Å². The molecule has 8 nitrogen and oxygen atoms in total. The Kier molecular flexibility index (Phi) is 7.03. The number of benzene rings is 1. The number of ether oxygens (including phenoxy) is 1. The number of piperazine rings is 1. The van der Waals surface area contributed by atoms with Gasteiger partial charge in [-0.05, 0) is 31.5 Å². The van der Waals surface area contributed by atoms with Crippen LogP contribution in [-0.4, -0.2) is 70.4 Å². The number of aryl methyl sites for hydroxylation is 1. The first kappa shape index (κ1) is 21.0. The normalized spacial score (nSPS) is 15.6. The third kappa shape index (κ3) is 5.23. The summed E-state index contributed by atoms with van der Waals surface area (Å²) in [6, 6.07) is 5.16. The van der Waals surface area contributed by atoms with Gasteiger partial charge in [-0.25, -0.2) is 9.38 Å². The lowest BCUT2D eigenvalue weighted by atomic mass is 10.2. The number of halogens is 1. The smallest absolute Gasteiger partial charge is 0.194 e. The van der Waals surface area contributed by atoms with E-state index in [1.165, 1.54) is 7.11 Å². The molecule has 2 aromatic rings. The molecule has 0 spiro atoms. The third-order valence-electron chi connectivity index (χ3n) is 5.18. The van der Waals surface area contributed by atoms with Crippen LogP contribution in [0.4, 0.5) is 4.39 Å². The molecule has 0 bridgehead atoms. The van der Waals surface area contributed by atoms with Crippen molar-refractivity contribution in [2.75, 3.05) is 39.8 Å². The highest BCUT2D eigenvalue weighted by Gasteiger charge is 2.20. The second kappa shape index (κ2) is 9.69. The molecule has 0 unspecified atom stereocenters. The van der Waals surface area contributed by atoms with Gasteiger partial charge in [-0.2, -0.15) is 0 Å². The lowest BCUT2D eigenvalue weighted by Crippen LogP contribution is -2.52. The summed E-state index contributed by atoms with van der Waals surface area (Å²) in [5.41, 5.74) is 0.954. The Morgan fingerprint density at radius 2 is 2.00 bits per heavy atom. The van der Waals surface area contributed by atoms with Crippen LogP contribution in [0.15, 0.2) is 23.2 Å². The minimum absolute atomic E-state index is 0.281. The van der Waals surface area contributed by atoms with Crippen molar-refractivity contribution in [2.24, 2.45) is 12.0 Å². The highest BCUT2D eigenvalue weighted by Crippen LogP contribution is 2.19. The van der Waals surface area contributed by atoms with Crippen LogP contribution in [0, 0.1) is 12.7 Å². The van der Waals surface area contributed by atoms with Crippen molar-refractivity contribution in [1.29, 1.82) is 0 Å². The summed E-state index contributed by atoms with van der Waals surface area (Å²) in [6.07, 6.45) is 0. The summed E-state index contributed by atoms with van der Waals surface area (Å²) >= 11 is 0. The molecule has 1 aromatic carbocycles. The molecule has 0 aliphatic carbocycles. The number of rotatable bonds is 6. The molecular formula is C20H30FN7O. The van der Waals surface area contributed by atoms with Gasteiger partial charge in [0.05, 0.1) is 7.11 Å². The molecular weight excluding hydrogens is 373 g/mol. The molecule has 0 saturated carbocycles. The minimum Gasteiger partial charge on any atom is -0.494 e. The number of hydrogen-bond acceptors (Lipinski definition) is 5. The monoisotopic (exact) mass is 403 g/mol. The first-order valence-electron chi connectivity index (χ1n) is 9.94. The van der Waals surface area contributed by atoms with Crippen molar-refractivity contribution in [1.82, 2.24) is 29.9 Å². The first-order valence-corrected chi connectivity index (χ1v) is 9.94. The zero-order valence-corrected chi connectivity index (χ0v) is 17.7. The van der Waals surface area contributed by atoms with Crippen molar-refractivity contribution in [3.8, 4) is 5.75 Å². The van der Waals surface area contributed by atoms with E-state index in [1.807, 2.05) is 24.6 Å². The van der Waals surface area contributed by atoms with Crippen LogP contribution < -0.4 is 10.1 Å². The summed E-state index contributed by atoms with van der Waals surface area (Å²) in [6.45, 7) is 9.52. The zero-order chi connectivity index (χ0) is 20.8. The molecule has 9 heteroatoms. The van der Waals surface area contributed by atoms with E-state index < -0.39 is 0 Å². The lowest BCUT2D eigenvalue weighted by molar-refractivity contribution is 0.172. The number of hydrogen-bond donors (Lipinski definition) is 1. The van der Waals surface area contributed by atoms with E-state index in [4.69, 9.17) is 9.73 Å². The van der Waals surface area contributed by atoms with E-state index in [-0.39, 0.29) is 11.6 Å². The SMILES string of the molecule is CCNC(=NCc1nnc(C)n1C)N1CCN(Cc2ccc(OC)c(F)c2)CC1.